The monoisotopic (exact) mass is 732 g/mol. The number of hydrogen-bond donors (Lipinski definition) is 0. The summed E-state index contributed by atoms with van der Waals surface area (Å²) in [5.74, 6) is -7.06. The molecule has 11 heteroatoms. The number of esters is 4. The molecule has 0 bridgehead atoms. The van der Waals surface area contributed by atoms with E-state index in [1.165, 1.54) is 54.6 Å². The third-order valence-corrected chi connectivity index (χ3v) is 10.1. The van der Waals surface area contributed by atoms with E-state index < -0.39 is 58.2 Å². The van der Waals surface area contributed by atoms with E-state index >= 15 is 8.78 Å². The molecule has 0 unspecified atom stereocenters. The first-order chi connectivity index (χ1) is 26.5. The van der Waals surface area contributed by atoms with Gasteiger partial charge in [0.05, 0.1) is 34.1 Å². The molecule has 6 aromatic rings. The number of cyclic esters (lactones) is 2. The van der Waals surface area contributed by atoms with E-state index in [1.54, 1.807) is 12.1 Å². The number of hydrogen-bond acceptors (Lipinski definition) is 9. The van der Waals surface area contributed by atoms with Crippen LogP contribution in [0.3, 0.4) is 0 Å². The minimum Gasteiger partial charge on any atom is -0.420 e. The fourth-order valence-corrected chi connectivity index (χ4v) is 7.67. The van der Waals surface area contributed by atoms with Crippen molar-refractivity contribution in [2.24, 2.45) is 0 Å². The summed E-state index contributed by atoms with van der Waals surface area (Å²) in [6, 6.07) is 30.6. The van der Waals surface area contributed by atoms with Crippen molar-refractivity contribution in [3.8, 4) is 22.6 Å². The highest BCUT2D eigenvalue weighted by molar-refractivity contribution is 6.24. The summed E-state index contributed by atoms with van der Waals surface area (Å²) in [5.41, 5.74) is 2.55. The van der Waals surface area contributed by atoms with Crippen molar-refractivity contribution in [1.82, 2.24) is 0 Å². The van der Waals surface area contributed by atoms with Crippen LogP contribution in [-0.4, -0.2) is 35.4 Å². The van der Waals surface area contributed by atoms with Crippen LogP contribution in [0.25, 0.3) is 11.1 Å². The third kappa shape index (κ3) is 5.12. The second-order valence-electron chi connectivity index (χ2n) is 13.1. The van der Waals surface area contributed by atoms with Gasteiger partial charge < -0.3 is 14.2 Å². The molecule has 0 amide bonds. The first-order valence-corrected chi connectivity index (χ1v) is 16.9. The smallest absolute Gasteiger partial charge is 0.346 e. The molecule has 2 aliphatic carbocycles. The van der Waals surface area contributed by atoms with Crippen LogP contribution in [-0.2, 0) is 10.2 Å². The van der Waals surface area contributed by atoms with Crippen LogP contribution in [0.5, 0.6) is 11.5 Å². The number of rotatable bonds is 6. The van der Waals surface area contributed by atoms with Crippen molar-refractivity contribution < 1.29 is 51.8 Å². The van der Waals surface area contributed by atoms with Crippen molar-refractivity contribution in [2.45, 2.75) is 11.8 Å². The van der Waals surface area contributed by atoms with Gasteiger partial charge in [-0.25, -0.2) is 28.0 Å². The highest BCUT2D eigenvalue weighted by Gasteiger charge is 2.47. The van der Waals surface area contributed by atoms with Crippen molar-refractivity contribution in [1.29, 1.82) is 0 Å². The Morgan fingerprint density at radius 2 is 0.982 bits per heavy atom. The maximum atomic E-state index is 16.2. The lowest BCUT2D eigenvalue weighted by Gasteiger charge is -2.34. The van der Waals surface area contributed by atoms with Gasteiger partial charge in [0.1, 0.15) is 0 Å². The number of ketones is 2. The number of carbonyl (C=O) groups excluding carboxylic acids is 6. The quantitative estimate of drug-likeness (QED) is 0.0954. The van der Waals surface area contributed by atoms with Gasteiger partial charge in [-0.05, 0) is 94.0 Å². The molecule has 0 N–H and O–H groups in total. The molecule has 3 aliphatic rings. The van der Waals surface area contributed by atoms with E-state index in [1.807, 2.05) is 48.5 Å². The maximum Gasteiger partial charge on any atom is 0.346 e. The van der Waals surface area contributed by atoms with E-state index in [9.17, 15) is 28.8 Å². The number of benzene rings is 6. The van der Waals surface area contributed by atoms with Gasteiger partial charge in [0.25, 0.3) is 0 Å². The molecule has 9 rings (SSSR count). The van der Waals surface area contributed by atoms with Crippen LogP contribution in [0.15, 0.2) is 121 Å². The zero-order valence-corrected chi connectivity index (χ0v) is 28.2. The average Bonchev–Trinajstić information content (AvgIpc) is 3.77. The first kappa shape index (κ1) is 33.4. The van der Waals surface area contributed by atoms with Crippen LogP contribution < -0.4 is 9.47 Å². The maximum absolute atomic E-state index is 16.2. The van der Waals surface area contributed by atoms with Crippen molar-refractivity contribution in [3.05, 3.63) is 189 Å². The molecule has 55 heavy (non-hydrogen) atoms. The van der Waals surface area contributed by atoms with Crippen molar-refractivity contribution in [2.75, 3.05) is 0 Å². The predicted octanol–water partition coefficient (Wildman–Crippen LogP) is 7.85. The van der Waals surface area contributed by atoms with Crippen LogP contribution >= 0.6 is 0 Å². The zero-order chi connectivity index (χ0) is 38.2. The third-order valence-electron chi connectivity index (χ3n) is 10.1. The molecule has 0 radical (unpaired) electrons. The second kappa shape index (κ2) is 12.3. The van der Waals surface area contributed by atoms with Gasteiger partial charge in [0.2, 0.25) is 0 Å². The molecule has 0 atom stereocenters. The van der Waals surface area contributed by atoms with Gasteiger partial charge in [-0.1, -0.05) is 60.7 Å². The first-order valence-electron chi connectivity index (χ1n) is 16.9. The fourth-order valence-electron chi connectivity index (χ4n) is 7.67. The minimum absolute atomic E-state index is 0.00219. The molecule has 0 fully saturated rings. The summed E-state index contributed by atoms with van der Waals surface area (Å²) in [5, 5.41) is 0. The zero-order valence-electron chi connectivity index (χ0n) is 28.2. The van der Waals surface area contributed by atoms with Crippen molar-refractivity contribution in [3.63, 3.8) is 0 Å². The lowest BCUT2D eigenvalue weighted by atomic mass is 9.67. The van der Waals surface area contributed by atoms with Crippen molar-refractivity contribution >= 4 is 35.4 Å². The number of Topliss-reactive ketones (excluding diaryl/α,β-unsaturated/α-hetero) is 2. The number of carbonyl (C=O) groups is 6. The van der Waals surface area contributed by atoms with Gasteiger partial charge in [0, 0.05) is 11.1 Å². The van der Waals surface area contributed by atoms with Crippen LogP contribution in [0.2, 0.25) is 0 Å². The standard InChI is InChI=1S/C44H22F2O9/c45-34-19-24(11-15-38(34)53-40(49)22-9-13-28-30(17-22)37(48)21-36(28)47)44(32-7-3-1-5-26(32)27-6-2-4-8-33(27)44)25-12-16-39(35(46)20-25)54-41(50)23-10-14-29-31(18-23)43(52)55-42(29)51/h1-20H,21H2. The molecule has 0 aromatic heterocycles. The Balaban J connectivity index is 1.10. The fraction of sp³-hybridized carbons (Fsp3) is 0.0455. The van der Waals surface area contributed by atoms with E-state index in [-0.39, 0.29) is 45.6 Å². The minimum atomic E-state index is -1.31. The number of fused-ring (bicyclic) bond motifs is 5. The van der Waals surface area contributed by atoms with Crippen LogP contribution in [0.4, 0.5) is 8.78 Å². The van der Waals surface area contributed by atoms with Crippen LogP contribution in [0.1, 0.15) is 90.8 Å². The number of halogens is 2. The molecular weight excluding hydrogens is 710 g/mol. The molecule has 1 aliphatic heterocycles. The van der Waals surface area contributed by atoms with E-state index in [4.69, 9.17) is 9.47 Å². The van der Waals surface area contributed by atoms with Gasteiger partial charge in [0.15, 0.2) is 34.7 Å². The molecule has 0 spiro atoms. The molecular formula is C44H22F2O9. The Morgan fingerprint density at radius 3 is 1.53 bits per heavy atom. The second-order valence-corrected chi connectivity index (χ2v) is 13.1. The van der Waals surface area contributed by atoms with Gasteiger partial charge in [-0.3, -0.25) is 9.59 Å². The Kier molecular flexibility index (Phi) is 7.50. The summed E-state index contributed by atoms with van der Waals surface area (Å²) in [6.45, 7) is 0. The lowest BCUT2D eigenvalue weighted by Crippen LogP contribution is -2.29. The summed E-state index contributed by atoms with van der Waals surface area (Å²) in [7, 11) is 0. The topological polar surface area (TPSA) is 130 Å². The van der Waals surface area contributed by atoms with E-state index in [2.05, 4.69) is 4.74 Å². The molecule has 266 valence electrons. The Hall–Kier alpha value is -7.40. The molecule has 6 aromatic carbocycles. The van der Waals surface area contributed by atoms with Crippen LogP contribution in [0, 0.1) is 11.6 Å². The summed E-state index contributed by atoms with van der Waals surface area (Å²) in [4.78, 5) is 74.4. The summed E-state index contributed by atoms with van der Waals surface area (Å²) < 4.78 is 47.7. The predicted molar refractivity (Wildman–Crippen MR) is 189 cm³/mol. The normalized spacial score (nSPS) is 14.5. The highest BCUT2D eigenvalue weighted by Crippen LogP contribution is 2.56. The van der Waals surface area contributed by atoms with E-state index in [0.29, 0.717) is 22.3 Å². The van der Waals surface area contributed by atoms with Gasteiger partial charge >= 0.3 is 23.9 Å². The Bertz CT molecular complexity index is 2580. The van der Waals surface area contributed by atoms with E-state index in [0.717, 1.165) is 17.2 Å². The SMILES string of the molecule is O=C(Oc1ccc(C2(c3ccc(OC(=O)c4ccc5c(c4)C(=O)OC5=O)c(F)c3)c3ccccc3-c3ccccc32)cc1F)c1ccc2c(c1)C(=O)CC2=O. The summed E-state index contributed by atoms with van der Waals surface area (Å²) in [6.07, 6.45) is -0.283. The highest BCUT2D eigenvalue weighted by atomic mass is 19.1. The number of ether oxygens (including phenoxy) is 3. The Labute approximate surface area is 309 Å². The average molecular weight is 733 g/mol. The largest absolute Gasteiger partial charge is 0.420 e. The Morgan fingerprint density at radius 1 is 0.509 bits per heavy atom. The van der Waals surface area contributed by atoms with Gasteiger partial charge in [-0.15, -0.1) is 0 Å². The molecule has 0 saturated heterocycles. The molecule has 9 nitrogen and oxygen atoms in total. The van der Waals surface area contributed by atoms with Gasteiger partial charge in [-0.2, -0.15) is 0 Å². The lowest BCUT2D eigenvalue weighted by molar-refractivity contribution is 0.0442. The molecule has 0 saturated carbocycles. The molecule has 1 heterocycles. The summed E-state index contributed by atoms with van der Waals surface area (Å²) >= 11 is 0.